The number of hydrogen-bond donors (Lipinski definition) is 7. The molecule has 0 rings (SSSR count). The predicted octanol–water partition coefficient (Wildman–Crippen LogP) is -2.82. The van der Waals surface area contributed by atoms with Gasteiger partial charge in [-0.3, -0.25) is 43.2 Å². The first-order valence-electron chi connectivity index (χ1n) is 10.9. The Morgan fingerprint density at radius 1 is 0.676 bits per heavy atom. The molecule has 0 aromatic carbocycles. The van der Waals surface area contributed by atoms with Crippen LogP contribution in [0.15, 0.2) is 0 Å². The first-order valence-corrected chi connectivity index (χ1v) is 10.9. The lowest BCUT2D eigenvalue weighted by atomic mass is 10.0. The van der Waals surface area contributed by atoms with E-state index in [1.54, 1.807) is 0 Å². The van der Waals surface area contributed by atoms with Gasteiger partial charge in [-0.1, -0.05) is 13.8 Å². The number of carbonyl (C=O) groups excluding carboxylic acids is 6. The molecule has 4 atom stereocenters. The van der Waals surface area contributed by atoms with Crippen molar-refractivity contribution in [3.8, 4) is 0 Å². The second-order valence-corrected chi connectivity index (χ2v) is 8.25. The average Bonchev–Trinajstić information content (AvgIpc) is 2.76. The fraction of sp³-hybridized carbons (Fsp3) is 0.571. The maximum Gasteiger partial charge on any atom is 0.305 e. The molecule has 206 valence electrons. The Morgan fingerprint density at radius 2 is 1.16 bits per heavy atom. The number of hydrogen-bond acceptors (Lipinski definition) is 9. The van der Waals surface area contributed by atoms with Gasteiger partial charge in [0.05, 0.1) is 12.8 Å². The van der Waals surface area contributed by atoms with Crippen LogP contribution in [0.2, 0.25) is 0 Å². The van der Waals surface area contributed by atoms with E-state index in [2.05, 4.69) is 21.3 Å². The zero-order chi connectivity index (χ0) is 28.9. The van der Waals surface area contributed by atoms with Crippen LogP contribution in [0.25, 0.3) is 0 Å². The summed E-state index contributed by atoms with van der Waals surface area (Å²) in [5.74, 6) is -10.1. The molecular weight excluding hydrogens is 500 g/mol. The van der Waals surface area contributed by atoms with Gasteiger partial charge in [0.15, 0.2) is 6.29 Å². The number of rotatable bonds is 17. The van der Waals surface area contributed by atoms with E-state index in [1.807, 2.05) is 0 Å². The summed E-state index contributed by atoms with van der Waals surface area (Å²) in [7, 11) is 0. The minimum Gasteiger partial charge on any atom is -0.481 e. The molecule has 16 nitrogen and oxygen atoms in total. The minimum atomic E-state index is -1.71. The molecule has 0 aliphatic carbocycles. The van der Waals surface area contributed by atoms with Crippen molar-refractivity contribution in [3.05, 3.63) is 0 Å². The third kappa shape index (κ3) is 12.8. The van der Waals surface area contributed by atoms with E-state index in [0.29, 0.717) is 0 Å². The van der Waals surface area contributed by atoms with E-state index < -0.39 is 103 Å². The summed E-state index contributed by atoms with van der Waals surface area (Å²) in [6.07, 6.45) is -3.02. The molecule has 0 bridgehead atoms. The largest absolute Gasteiger partial charge is 0.481 e. The molecule has 4 unspecified atom stereocenters. The highest BCUT2D eigenvalue weighted by Crippen LogP contribution is 2.07. The van der Waals surface area contributed by atoms with Gasteiger partial charge in [0.25, 0.3) is 0 Å². The molecule has 0 aromatic rings. The number of aliphatic carboxylic acids is 3. The summed E-state index contributed by atoms with van der Waals surface area (Å²) >= 11 is 0. The Kier molecular flexibility index (Phi) is 13.7. The van der Waals surface area contributed by atoms with Crippen molar-refractivity contribution >= 4 is 53.6 Å². The number of amides is 4. The second-order valence-electron chi connectivity index (χ2n) is 8.25. The van der Waals surface area contributed by atoms with Crippen LogP contribution >= 0.6 is 0 Å². The van der Waals surface area contributed by atoms with Gasteiger partial charge in [0, 0.05) is 13.3 Å². The zero-order valence-electron chi connectivity index (χ0n) is 20.3. The van der Waals surface area contributed by atoms with Gasteiger partial charge >= 0.3 is 17.9 Å². The smallest absolute Gasteiger partial charge is 0.305 e. The van der Waals surface area contributed by atoms with Crippen molar-refractivity contribution in [1.82, 2.24) is 21.3 Å². The Morgan fingerprint density at radius 3 is 1.59 bits per heavy atom. The predicted molar refractivity (Wildman–Crippen MR) is 121 cm³/mol. The molecule has 0 saturated carbocycles. The summed E-state index contributed by atoms with van der Waals surface area (Å²) in [4.78, 5) is 105. The highest BCUT2D eigenvalue weighted by atomic mass is 16.4. The van der Waals surface area contributed by atoms with E-state index in [9.17, 15) is 43.2 Å². The van der Waals surface area contributed by atoms with Crippen LogP contribution in [0.4, 0.5) is 0 Å². The molecular formula is C21H30N4O12. The molecule has 0 aliphatic rings. The van der Waals surface area contributed by atoms with Crippen molar-refractivity contribution in [2.75, 3.05) is 0 Å². The van der Waals surface area contributed by atoms with E-state index in [0.717, 1.165) is 6.92 Å². The standard InChI is InChI=1S/C21H30N4O12/c1-9(2)18(21(37)24-12(6-16(31)32)14(28)8-26)25-19(35)11(4-5-15(29)30)23-20(36)13(7-17(33)34)22-10(3)27/h8-9,11-13,18H,4-7H2,1-3H3,(H,22,27)(H,23,36)(H,24,37)(H,25,35)(H,29,30)(H,31,32)(H,33,34). The summed E-state index contributed by atoms with van der Waals surface area (Å²) in [6.45, 7) is 3.97. The Bertz CT molecular complexity index is 916. The number of ketones is 1. The van der Waals surface area contributed by atoms with Crippen LogP contribution < -0.4 is 21.3 Å². The summed E-state index contributed by atoms with van der Waals surface area (Å²) in [5.41, 5.74) is 0. The van der Waals surface area contributed by atoms with E-state index in [4.69, 9.17) is 15.3 Å². The fourth-order valence-corrected chi connectivity index (χ4v) is 2.97. The topological polar surface area (TPSA) is 262 Å². The molecule has 16 heteroatoms. The number of Topliss-reactive ketones (excluding diaryl/α,β-unsaturated/α-hetero) is 1. The van der Waals surface area contributed by atoms with E-state index in [-0.39, 0.29) is 6.29 Å². The van der Waals surface area contributed by atoms with Crippen molar-refractivity contribution in [1.29, 1.82) is 0 Å². The average molecular weight is 530 g/mol. The summed E-state index contributed by atoms with van der Waals surface area (Å²) in [6, 6.07) is -6.31. The first kappa shape index (κ1) is 32.6. The van der Waals surface area contributed by atoms with Crippen molar-refractivity contribution < 1.29 is 58.5 Å². The molecule has 0 heterocycles. The van der Waals surface area contributed by atoms with Crippen LogP contribution in [0, 0.1) is 5.92 Å². The van der Waals surface area contributed by atoms with Gasteiger partial charge < -0.3 is 36.6 Å². The molecule has 7 N–H and O–H groups in total. The van der Waals surface area contributed by atoms with Crippen LogP contribution in [0.5, 0.6) is 0 Å². The number of aldehydes is 1. The third-order valence-electron chi connectivity index (χ3n) is 4.75. The molecule has 0 radical (unpaired) electrons. The lowest BCUT2D eigenvalue weighted by Crippen LogP contribution is -2.59. The maximum absolute atomic E-state index is 12.9. The van der Waals surface area contributed by atoms with E-state index >= 15 is 0 Å². The lowest BCUT2D eigenvalue weighted by Gasteiger charge is -2.27. The number of carbonyl (C=O) groups is 9. The SMILES string of the molecule is CC(=O)NC(CC(=O)O)C(=O)NC(CCC(=O)O)C(=O)NC(C(=O)NC(CC(=O)O)C(=O)C=O)C(C)C. The Balaban J connectivity index is 5.81. The van der Waals surface area contributed by atoms with Crippen LogP contribution in [-0.2, 0) is 43.2 Å². The number of carboxylic acid groups (broad SMARTS) is 3. The minimum absolute atomic E-state index is 0.170. The molecule has 0 spiro atoms. The number of carboxylic acids is 3. The summed E-state index contributed by atoms with van der Waals surface area (Å²) in [5, 5.41) is 35.5. The highest BCUT2D eigenvalue weighted by Gasteiger charge is 2.33. The van der Waals surface area contributed by atoms with Gasteiger partial charge in [0.2, 0.25) is 29.4 Å². The van der Waals surface area contributed by atoms with Crippen molar-refractivity contribution in [3.63, 3.8) is 0 Å². The third-order valence-corrected chi connectivity index (χ3v) is 4.75. The Hall–Kier alpha value is -4.37. The van der Waals surface area contributed by atoms with Crippen LogP contribution in [0.1, 0.15) is 46.5 Å². The van der Waals surface area contributed by atoms with Gasteiger partial charge in [-0.05, 0) is 12.3 Å². The normalized spacial score (nSPS) is 13.7. The van der Waals surface area contributed by atoms with Crippen LogP contribution in [-0.4, -0.2) is 93.1 Å². The zero-order valence-corrected chi connectivity index (χ0v) is 20.3. The molecule has 37 heavy (non-hydrogen) atoms. The van der Waals surface area contributed by atoms with E-state index in [1.165, 1.54) is 13.8 Å². The number of nitrogens with one attached hydrogen (secondary N) is 4. The van der Waals surface area contributed by atoms with Gasteiger partial charge in [-0.25, -0.2) is 0 Å². The van der Waals surface area contributed by atoms with Gasteiger partial charge in [0.1, 0.15) is 24.2 Å². The van der Waals surface area contributed by atoms with Gasteiger partial charge in [-0.15, -0.1) is 0 Å². The van der Waals surface area contributed by atoms with Gasteiger partial charge in [-0.2, -0.15) is 0 Å². The van der Waals surface area contributed by atoms with Crippen molar-refractivity contribution in [2.45, 2.75) is 70.6 Å². The highest BCUT2D eigenvalue weighted by molar-refractivity contribution is 6.28. The fourth-order valence-electron chi connectivity index (χ4n) is 2.97. The molecule has 0 aliphatic heterocycles. The Labute approximate surface area is 210 Å². The lowest BCUT2D eigenvalue weighted by molar-refractivity contribution is -0.142. The molecule has 0 aromatic heterocycles. The molecule has 0 fully saturated rings. The summed E-state index contributed by atoms with van der Waals surface area (Å²) < 4.78 is 0. The second kappa shape index (κ2) is 15.6. The quantitative estimate of drug-likeness (QED) is 0.0742. The van der Waals surface area contributed by atoms with Crippen LogP contribution in [0.3, 0.4) is 0 Å². The molecule has 0 saturated heterocycles. The first-order chi connectivity index (χ1) is 17.1. The monoisotopic (exact) mass is 530 g/mol. The van der Waals surface area contributed by atoms with Crippen molar-refractivity contribution in [2.24, 2.45) is 5.92 Å². The molecule has 4 amide bonds. The maximum atomic E-state index is 12.9.